The zero-order valence-electron chi connectivity index (χ0n) is 16.5. The fourth-order valence-electron chi connectivity index (χ4n) is 2.63. The Hall–Kier alpha value is -1.75. The monoisotopic (exact) mass is 488 g/mol. The Morgan fingerprint density at radius 3 is 2.30 bits per heavy atom. The molecule has 1 rings (SSSR count). The summed E-state index contributed by atoms with van der Waals surface area (Å²) in [5.41, 5.74) is 0. The molecule has 1 heterocycles. The standard InChI is InChI=1S/C17H23Cl3N2O8/c1-5-6-26-16(25)22-12-8(2)13(28-10(4)24)11(7-27-9(3)23)29-14(12)30-15(21)17(18,19)20/h5,8,11-14,21H,1,6-7H2,2-4H3,(H,22,25)/t8?,11-,12?,13+,14-/m0/s1. The van der Waals surface area contributed by atoms with Crippen LogP contribution in [0, 0.1) is 11.3 Å². The molecule has 10 nitrogen and oxygen atoms in total. The highest BCUT2D eigenvalue weighted by Crippen LogP contribution is 2.33. The van der Waals surface area contributed by atoms with Crippen molar-refractivity contribution in [3.05, 3.63) is 12.7 Å². The van der Waals surface area contributed by atoms with Crippen molar-refractivity contribution >= 4 is 58.7 Å². The van der Waals surface area contributed by atoms with E-state index in [4.69, 9.17) is 63.9 Å². The molecule has 0 aliphatic carbocycles. The van der Waals surface area contributed by atoms with Gasteiger partial charge in [-0.15, -0.1) is 0 Å². The van der Waals surface area contributed by atoms with Crippen molar-refractivity contribution < 1.29 is 38.1 Å². The van der Waals surface area contributed by atoms with Gasteiger partial charge in [0.25, 0.3) is 3.79 Å². The summed E-state index contributed by atoms with van der Waals surface area (Å²) in [6.07, 6.45) is -2.75. The summed E-state index contributed by atoms with van der Waals surface area (Å²) < 4.78 is 24.0. The highest BCUT2D eigenvalue weighted by molar-refractivity contribution is 6.76. The van der Waals surface area contributed by atoms with Crippen LogP contribution in [-0.2, 0) is 33.3 Å². The zero-order chi connectivity index (χ0) is 23.1. The van der Waals surface area contributed by atoms with Crippen LogP contribution in [0.1, 0.15) is 20.8 Å². The van der Waals surface area contributed by atoms with Gasteiger partial charge >= 0.3 is 18.0 Å². The number of carbonyl (C=O) groups is 3. The molecule has 1 aliphatic heterocycles. The third-order valence-corrected chi connectivity index (χ3v) is 4.43. The molecule has 1 aliphatic rings. The third kappa shape index (κ3) is 8.17. The van der Waals surface area contributed by atoms with Gasteiger partial charge in [-0.2, -0.15) is 0 Å². The number of hydrogen-bond donors (Lipinski definition) is 2. The van der Waals surface area contributed by atoms with E-state index in [0.717, 1.165) is 0 Å². The Morgan fingerprint density at radius 1 is 1.17 bits per heavy atom. The minimum absolute atomic E-state index is 0.0638. The zero-order valence-corrected chi connectivity index (χ0v) is 18.8. The van der Waals surface area contributed by atoms with Crippen LogP contribution in [0.5, 0.6) is 0 Å². The van der Waals surface area contributed by atoms with Gasteiger partial charge in [-0.1, -0.05) is 54.4 Å². The quantitative estimate of drug-likeness (QED) is 0.139. The Kier molecular flexibility index (Phi) is 10.2. The maximum absolute atomic E-state index is 12.1. The summed E-state index contributed by atoms with van der Waals surface area (Å²) in [6, 6.07) is -0.993. The lowest BCUT2D eigenvalue weighted by Gasteiger charge is -2.44. The van der Waals surface area contributed by atoms with Gasteiger partial charge in [-0.3, -0.25) is 15.0 Å². The average molecular weight is 490 g/mol. The van der Waals surface area contributed by atoms with E-state index in [1.54, 1.807) is 6.92 Å². The number of carbonyl (C=O) groups excluding carboxylic acids is 3. The molecule has 1 saturated heterocycles. The summed E-state index contributed by atoms with van der Waals surface area (Å²) >= 11 is 17.0. The first kappa shape index (κ1) is 26.3. The molecule has 0 aromatic rings. The molecule has 2 unspecified atom stereocenters. The van der Waals surface area contributed by atoms with E-state index in [1.807, 2.05) is 0 Å². The molecule has 1 amide bonds. The summed E-state index contributed by atoms with van der Waals surface area (Å²) in [6.45, 7) is 7.11. The summed E-state index contributed by atoms with van der Waals surface area (Å²) in [4.78, 5) is 34.9. The molecule has 0 bridgehead atoms. The van der Waals surface area contributed by atoms with Crippen LogP contribution in [0.15, 0.2) is 12.7 Å². The Morgan fingerprint density at radius 2 is 1.80 bits per heavy atom. The first-order valence-electron chi connectivity index (χ1n) is 8.69. The van der Waals surface area contributed by atoms with Gasteiger partial charge in [0, 0.05) is 19.8 Å². The van der Waals surface area contributed by atoms with Crippen molar-refractivity contribution in [3.63, 3.8) is 0 Å². The maximum Gasteiger partial charge on any atom is 0.407 e. The average Bonchev–Trinajstić information content (AvgIpc) is 2.62. The molecular formula is C17H23Cl3N2O8. The van der Waals surface area contributed by atoms with Crippen LogP contribution < -0.4 is 5.32 Å². The van der Waals surface area contributed by atoms with Crippen molar-refractivity contribution in [1.29, 1.82) is 5.41 Å². The second-order valence-corrected chi connectivity index (χ2v) is 8.56. The molecule has 0 spiro atoms. The molecule has 0 aromatic carbocycles. The molecule has 170 valence electrons. The second-order valence-electron chi connectivity index (χ2n) is 6.28. The van der Waals surface area contributed by atoms with Gasteiger partial charge in [0.2, 0.25) is 12.2 Å². The van der Waals surface area contributed by atoms with Crippen molar-refractivity contribution in [2.75, 3.05) is 13.2 Å². The topological polar surface area (TPSA) is 133 Å². The SMILES string of the molecule is C=CCOC(=O)NC1C(C)[C@@H](OC(C)=O)[C@H](COC(C)=O)O[C@H]1OC(=N)C(Cl)(Cl)Cl. The van der Waals surface area contributed by atoms with E-state index < -0.39 is 58.2 Å². The van der Waals surface area contributed by atoms with E-state index in [1.165, 1.54) is 19.9 Å². The Bertz CT molecular complexity index is 670. The highest BCUT2D eigenvalue weighted by atomic mass is 35.6. The minimum atomic E-state index is -2.20. The number of amides is 1. The van der Waals surface area contributed by atoms with Gasteiger partial charge in [0.15, 0.2) is 0 Å². The Balaban J connectivity index is 3.17. The van der Waals surface area contributed by atoms with Crippen LogP contribution >= 0.6 is 34.8 Å². The first-order chi connectivity index (χ1) is 13.9. The van der Waals surface area contributed by atoms with Crippen molar-refractivity contribution in [1.82, 2.24) is 5.32 Å². The van der Waals surface area contributed by atoms with Gasteiger partial charge in [-0.05, 0) is 0 Å². The molecule has 30 heavy (non-hydrogen) atoms. The summed E-state index contributed by atoms with van der Waals surface area (Å²) in [7, 11) is 0. The van der Waals surface area contributed by atoms with Crippen LogP contribution in [0.25, 0.3) is 0 Å². The number of nitrogens with one attached hydrogen (secondary N) is 2. The molecule has 2 N–H and O–H groups in total. The molecule has 5 atom stereocenters. The second kappa shape index (κ2) is 11.6. The van der Waals surface area contributed by atoms with Gasteiger partial charge < -0.3 is 29.0 Å². The van der Waals surface area contributed by atoms with Gasteiger partial charge in [-0.25, -0.2) is 4.79 Å². The van der Waals surface area contributed by atoms with Crippen molar-refractivity contribution in [3.8, 4) is 0 Å². The van der Waals surface area contributed by atoms with Crippen LogP contribution in [0.4, 0.5) is 4.79 Å². The molecule has 13 heteroatoms. The lowest BCUT2D eigenvalue weighted by atomic mass is 9.88. The lowest BCUT2D eigenvalue weighted by molar-refractivity contribution is -0.241. The number of esters is 2. The molecule has 1 fully saturated rings. The van der Waals surface area contributed by atoms with E-state index in [2.05, 4.69) is 11.9 Å². The number of rotatable bonds is 7. The maximum atomic E-state index is 12.1. The minimum Gasteiger partial charge on any atom is -0.463 e. The first-order valence-corrected chi connectivity index (χ1v) is 9.82. The highest BCUT2D eigenvalue weighted by Gasteiger charge is 2.49. The summed E-state index contributed by atoms with van der Waals surface area (Å²) in [5.74, 6) is -2.63. The summed E-state index contributed by atoms with van der Waals surface area (Å²) in [5, 5.41) is 10.3. The number of alkyl halides is 3. The van der Waals surface area contributed by atoms with E-state index in [9.17, 15) is 14.4 Å². The van der Waals surface area contributed by atoms with Crippen molar-refractivity contribution in [2.24, 2.45) is 5.92 Å². The number of ether oxygens (including phenoxy) is 5. The fraction of sp³-hybridized carbons (Fsp3) is 0.647. The predicted molar refractivity (Wildman–Crippen MR) is 108 cm³/mol. The fourth-order valence-corrected chi connectivity index (χ4v) is 2.76. The number of halogens is 3. The van der Waals surface area contributed by atoms with Gasteiger partial charge in [0.1, 0.15) is 31.5 Å². The largest absolute Gasteiger partial charge is 0.463 e. The van der Waals surface area contributed by atoms with E-state index >= 15 is 0 Å². The van der Waals surface area contributed by atoms with Crippen LogP contribution in [-0.4, -0.2) is 65.5 Å². The number of alkyl carbamates (subject to hydrolysis) is 1. The predicted octanol–water partition coefficient (Wildman–Crippen LogP) is 2.49. The van der Waals surface area contributed by atoms with Crippen LogP contribution in [0.2, 0.25) is 0 Å². The van der Waals surface area contributed by atoms with E-state index in [0.29, 0.717) is 0 Å². The smallest absolute Gasteiger partial charge is 0.407 e. The molecular weight excluding hydrogens is 467 g/mol. The normalized spacial score (nSPS) is 26.1. The molecule has 0 saturated carbocycles. The molecule has 0 aromatic heterocycles. The van der Waals surface area contributed by atoms with Crippen molar-refractivity contribution in [2.45, 2.75) is 49.1 Å². The third-order valence-electron chi connectivity index (χ3n) is 3.91. The van der Waals surface area contributed by atoms with E-state index in [-0.39, 0.29) is 13.2 Å². The van der Waals surface area contributed by atoms with Gasteiger partial charge in [0.05, 0.1) is 0 Å². The number of hydrogen-bond acceptors (Lipinski definition) is 9. The molecule has 0 radical (unpaired) electrons. The Labute approximate surface area is 188 Å². The van der Waals surface area contributed by atoms with Crippen LogP contribution in [0.3, 0.4) is 0 Å². The lowest BCUT2D eigenvalue weighted by Crippen LogP contribution is -2.62.